The molecule has 1 saturated heterocycles. The highest BCUT2D eigenvalue weighted by atomic mass is 16.1. The molecule has 172 valence electrons. The number of H-pyrrole nitrogens is 1. The minimum Gasteiger partial charge on any atom is -0.352 e. The minimum absolute atomic E-state index is 0.0582. The molecule has 0 saturated carbocycles. The maximum atomic E-state index is 11.7. The van der Waals surface area contributed by atoms with E-state index < -0.39 is 0 Å². The van der Waals surface area contributed by atoms with Crippen molar-refractivity contribution in [3.63, 3.8) is 0 Å². The Bertz CT molecular complexity index is 1260. The normalized spacial score (nSPS) is 15.3. The molecule has 1 atom stereocenters. The summed E-state index contributed by atoms with van der Waals surface area (Å²) in [5.41, 5.74) is 6.09. The van der Waals surface area contributed by atoms with E-state index >= 15 is 0 Å². The number of hydrogen-bond acceptors (Lipinski definition) is 6. The maximum absolute atomic E-state index is 11.7. The van der Waals surface area contributed by atoms with E-state index in [2.05, 4.69) is 62.2 Å². The molecular weight excluding hydrogens is 424 g/mol. The molecule has 3 heterocycles. The van der Waals surface area contributed by atoms with Gasteiger partial charge in [-0.1, -0.05) is 54.6 Å². The number of nitrogens with zero attached hydrogens (tertiary/aromatic N) is 5. The lowest BCUT2D eigenvalue weighted by Crippen LogP contribution is -2.48. The fraction of sp³-hybridized carbons (Fsp3) is 0.259. The first-order chi connectivity index (χ1) is 16.6. The Morgan fingerprint density at radius 3 is 2.29 bits per heavy atom. The zero-order chi connectivity index (χ0) is 23.5. The highest BCUT2D eigenvalue weighted by Gasteiger charge is 2.29. The van der Waals surface area contributed by atoms with Gasteiger partial charge in [0.2, 0.25) is 0 Å². The van der Waals surface area contributed by atoms with Crippen molar-refractivity contribution < 1.29 is 4.79 Å². The van der Waals surface area contributed by atoms with Crippen LogP contribution < -0.4 is 4.90 Å². The van der Waals surface area contributed by atoms with Crippen molar-refractivity contribution in [2.75, 3.05) is 31.1 Å². The molecule has 34 heavy (non-hydrogen) atoms. The molecule has 1 aliphatic rings. The maximum Gasteiger partial charge on any atom is 0.159 e. The van der Waals surface area contributed by atoms with Gasteiger partial charge in [-0.15, -0.1) is 0 Å². The highest BCUT2D eigenvalue weighted by molar-refractivity contribution is 5.94. The van der Waals surface area contributed by atoms with E-state index in [1.165, 1.54) is 11.1 Å². The Morgan fingerprint density at radius 1 is 0.941 bits per heavy atom. The van der Waals surface area contributed by atoms with Gasteiger partial charge in [-0.3, -0.25) is 19.8 Å². The number of aryl methyl sites for hydroxylation is 1. The Labute approximate surface area is 199 Å². The predicted molar refractivity (Wildman–Crippen MR) is 133 cm³/mol. The fourth-order valence-electron chi connectivity index (χ4n) is 4.68. The molecule has 0 bridgehead atoms. The van der Waals surface area contributed by atoms with E-state index in [0.29, 0.717) is 5.56 Å². The molecule has 7 heteroatoms. The van der Waals surface area contributed by atoms with Crippen LogP contribution in [0.25, 0.3) is 11.3 Å². The van der Waals surface area contributed by atoms with Crippen LogP contribution in [-0.2, 0) is 0 Å². The number of anilines is 1. The van der Waals surface area contributed by atoms with Gasteiger partial charge in [-0.2, -0.15) is 5.10 Å². The molecule has 7 nitrogen and oxygen atoms in total. The summed E-state index contributed by atoms with van der Waals surface area (Å²) in [5.74, 6) is 0.941. The average Bonchev–Trinajstić information content (AvgIpc) is 3.30. The largest absolute Gasteiger partial charge is 0.352 e. The number of carbonyl (C=O) groups excluding carboxylic acids is 1. The Hall–Kier alpha value is -3.84. The SMILES string of the molecule is CC(=O)c1ccc(-c2nccnc2N2CCN(C(c3ccccc3)c3cn[nH]c3C)CC2)cc1. The zero-order valence-electron chi connectivity index (χ0n) is 19.5. The Kier molecular flexibility index (Phi) is 6.18. The van der Waals surface area contributed by atoms with Crippen molar-refractivity contribution >= 4 is 11.6 Å². The van der Waals surface area contributed by atoms with Crippen molar-refractivity contribution in [1.82, 2.24) is 25.1 Å². The lowest BCUT2D eigenvalue weighted by Gasteiger charge is -2.40. The lowest BCUT2D eigenvalue weighted by atomic mass is 9.97. The Morgan fingerprint density at radius 2 is 1.65 bits per heavy atom. The number of nitrogens with one attached hydrogen (secondary N) is 1. The number of Topliss-reactive ketones (excluding diaryl/α,β-unsaturated/α-hetero) is 1. The van der Waals surface area contributed by atoms with Crippen LogP contribution in [0.5, 0.6) is 0 Å². The second kappa shape index (κ2) is 9.57. The first kappa shape index (κ1) is 22.0. The second-order valence-corrected chi connectivity index (χ2v) is 8.65. The molecule has 1 fully saturated rings. The average molecular weight is 453 g/mol. The second-order valence-electron chi connectivity index (χ2n) is 8.65. The topological polar surface area (TPSA) is 78.0 Å². The Balaban J connectivity index is 1.38. The van der Waals surface area contributed by atoms with Crippen LogP contribution in [0.4, 0.5) is 5.82 Å². The number of hydrogen-bond donors (Lipinski definition) is 1. The van der Waals surface area contributed by atoms with Crippen molar-refractivity contribution in [1.29, 1.82) is 0 Å². The standard InChI is InChI=1S/C27H28N6O/c1-19-24(18-30-31-19)26(23-6-4-3-5-7-23)32-14-16-33(17-15-32)27-25(28-12-13-29-27)22-10-8-21(9-11-22)20(2)34/h3-13,18,26H,14-17H2,1-2H3,(H,30,31). The molecule has 5 rings (SSSR count). The lowest BCUT2D eigenvalue weighted by molar-refractivity contribution is 0.101. The van der Waals surface area contributed by atoms with Gasteiger partial charge in [-0.25, -0.2) is 4.98 Å². The van der Waals surface area contributed by atoms with Crippen LogP contribution in [-0.4, -0.2) is 57.0 Å². The number of rotatable bonds is 6. The number of piperazine rings is 1. The third kappa shape index (κ3) is 4.34. The molecule has 1 unspecified atom stereocenters. The van der Waals surface area contributed by atoms with Gasteiger partial charge in [0.25, 0.3) is 0 Å². The number of ketones is 1. The van der Waals surface area contributed by atoms with Crippen molar-refractivity contribution in [3.8, 4) is 11.3 Å². The first-order valence-corrected chi connectivity index (χ1v) is 11.6. The number of carbonyl (C=O) groups is 1. The van der Waals surface area contributed by atoms with Gasteiger partial charge in [0.1, 0.15) is 5.69 Å². The van der Waals surface area contributed by atoms with Gasteiger partial charge in [-0.05, 0) is 19.4 Å². The summed E-state index contributed by atoms with van der Waals surface area (Å²) in [4.78, 5) is 25.8. The predicted octanol–water partition coefficient (Wildman–Crippen LogP) is 4.29. The quantitative estimate of drug-likeness (QED) is 0.440. The number of aromatic nitrogens is 4. The van der Waals surface area contributed by atoms with Crippen LogP contribution in [0.15, 0.2) is 73.2 Å². The van der Waals surface area contributed by atoms with Crippen molar-refractivity contribution in [2.24, 2.45) is 0 Å². The third-order valence-corrected chi connectivity index (χ3v) is 6.50. The third-order valence-electron chi connectivity index (χ3n) is 6.50. The monoisotopic (exact) mass is 452 g/mol. The summed E-state index contributed by atoms with van der Waals surface area (Å²) >= 11 is 0. The van der Waals surface area contributed by atoms with E-state index in [0.717, 1.165) is 48.9 Å². The van der Waals surface area contributed by atoms with Crippen LogP contribution in [0.1, 0.15) is 40.1 Å². The first-order valence-electron chi connectivity index (χ1n) is 11.6. The van der Waals surface area contributed by atoms with Gasteiger partial charge in [0, 0.05) is 61.0 Å². The minimum atomic E-state index is 0.0582. The van der Waals surface area contributed by atoms with Gasteiger partial charge < -0.3 is 4.90 Å². The van der Waals surface area contributed by atoms with E-state index in [1.807, 2.05) is 30.5 Å². The molecule has 4 aromatic rings. The van der Waals surface area contributed by atoms with Crippen molar-refractivity contribution in [3.05, 3.63) is 95.6 Å². The van der Waals surface area contributed by atoms with Crippen molar-refractivity contribution in [2.45, 2.75) is 19.9 Å². The molecule has 0 spiro atoms. The molecule has 2 aromatic heterocycles. The summed E-state index contributed by atoms with van der Waals surface area (Å²) in [6.45, 7) is 7.13. The molecular formula is C27H28N6O. The summed E-state index contributed by atoms with van der Waals surface area (Å²) in [6.07, 6.45) is 5.42. The molecule has 1 aliphatic heterocycles. The summed E-state index contributed by atoms with van der Waals surface area (Å²) in [7, 11) is 0. The number of benzene rings is 2. The number of aromatic amines is 1. The van der Waals surface area contributed by atoms with Crippen LogP contribution in [0, 0.1) is 6.92 Å². The smallest absolute Gasteiger partial charge is 0.159 e. The summed E-state index contributed by atoms with van der Waals surface area (Å²) in [5, 5.41) is 7.39. The van der Waals surface area contributed by atoms with Crippen LogP contribution in [0.2, 0.25) is 0 Å². The molecule has 0 radical (unpaired) electrons. The van der Waals surface area contributed by atoms with Crippen LogP contribution in [0.3, 0.4) is 0 Å². The zero-order valence-corrected chi connectivity index (χ0v) is 19.5. The summed E-state index contributed by atoms with van der Waals surface area (Å²) < 4.78 is 0. The van der Waals surface area contributed by atoms with Crippen LogP contribution >= 0.6 is 0 Å². The van der Waals surface area contributed by atoms with E-state index in [9.17, 15) is 4.79 Å². The van der Waals surface area contributed by atoms with Gasteiger partial charge in [0.15, 0.2) is 11.6 Å². The van der Waals surface area contributed by atoms with E-state index in [1.54, 1.807) is 19.3 Å². The molecule has 1 N–H and O–H groups in total. The van der Waals surface area contributed by atoms with Gasteiger partial charge in [0.05, 0.1) is 12.2 Å². The molecule has 0 amide bonds. The van der Waals surface area contributed by atoms with E-state index in [4.69, 9.17) is 4.98 Å². The van der Waals surface area contributed by atoms with E-state index in [-0.39, 0.29) is 11.8 Å². The molecule has 0 aliphatic carbocycles. The molecule has 2 aromatic carbocycles. The summed E-state index contributed by atoms with van der Waals surface area (Å²) in [6, 6.07) is 18.4. The highest BCUT2D eigenvalue weighted by Crippen LogP contribution is 2.33. The van der Waals surface area contributed by atoms with Gasteiger partial charge >= 0.3 is 0 Å². The fourth-order valence-corrected chi connectivity index (χ4v) is 4.68.